The van der Waals surface area contributed by atoms with Crippen molar-refractivity contribution in [2.45, 2.75) is 52.0 Å². The van der Waals surface area contributed by atoms with E-state index in [-0.39, 0.29) is 0 Å². The molecule has 0 amide bonds. The zero-order chi connectivity index (χ0) is 21.6. The first-order chi connectivity index (χ1) is 14.3. The van der Waals surface area contributed by atoms with Crippen molar-refractivity contribution in [3.05, 3.63) is 65.2 Å². The highest BCUT2D eigenvalue weighted by molar-refractivity contribution is 6.81. The summed E-state index contributed by atoms with van der Waals surface area (Å²) < 4.78 is 30.6. The minimum atomic E-state index is -2.25. The quantitative estimate of drug-likeness (QED) is 0.444. The molecule has 164 valence electrons. The van der Waals surface area contributed by atoms with Crippen LogP contribution in [-0.4, -0.2) is 43.0 Å². The predicted molar refractivity (Wildman–Crippen MR) is 130 cm³/mol. The lowest BCUT2D eigenvalue weighted by Gasteiger charge is -2.37. The first-order valence-corrected chi connectivity index (χ1v) is 19.6. The number of aryl methyl sites for hydroxylation is 1. The minimum absolute atomic E-state index is 0.658. The molecule has 0 saturated carbocycles. The maximum atomic E-state index is 6.32. The predicted octanol–water partition coefficient (Wildman–Crippen LogP) is 4.06. The molecule has 0 radical (unpaired) electrons. The molecule has 0 N–H and O–H groups in total. The Morgan fingerprint density at radius 3 is 1.90 bits per heavy atom. The molecule has 2 aromatic carbocycles. The highest BCUT2D eigenvalue weighted by atomic mass is 28.5. The topological polar surface area (TPSA) is 46.2 Å². The van der Waals surface area contributed by atoms with Crippen LogP contribution in [0, 0.1) is 6.92 Å². The summed E-state index contributed by atoms with van der Waals surface area (Å²) >= 11 is 0. The number of rotatable bonds is 7. The third-order valence-corrected chi connectivity index (χ3v) is 19.1. The van der Waals surface area contributed by atoms with Gasteiger partial charge in [-0.3, -0.25) is 0 Å². The molecule has 2 atom stereocenters. The van der Waals surface area contributed by atoms with Crippen LogP contribution in [0.15, 0.2) is 48.5 Å². The fourth-order valence-electron chi connectivity index (χ4n) is 3.70. The van der Waals surface area contributed by atoms with Crippen molar-refractivity contribution >= 4 is 36.4 Å². The summed E-state index contributed by atoms with van der Waals surface area (Å²) in [5.74, 6) is 0.908. The smallest absolute Gasteiger partial charge is 0.317 e. The van der Waals surface area contributed by atoms with Crippen LogP contribution in [0.5, 0.6) is 5.75 Å². The number of hydrogen-bond donors (Lipinski definition) is 0. The number of ether oxygens (including phenoxy) is 1. The molecule has 0 aliphatic carbocycles. The Morgan fingerprint density at radius 1 is 0.800 bits per heavy atom. The van der Waals surface area contributed by atoms with Crippen molar-refractivity contribution in [2.75, 3.05) is 6.61 Å². The third-order valence-electron chi connectivity index (χ3n) is 5.09. The minimum Gasteiger partial charge on any atom is -0.494 e. The molecule has 1 heterocycles. The first-order valence-electron chi connectivity index (χ1n) is 10.8. The summed E-state index contributed by atoms with van der Waals surface area (Å²) in [6.45, 7) is 11.1. The standard InChI is InChI=1S/C21H34O5Si4/c1-18-7-9-19(10-8-18)17-20-11-13-21(14-12-20)22-15-6-16-30(5)25-28(3)23-27(2)24-29(4)26-30/h7-14,27-29H,6,15-17H2,1-5H3. The summed E-state index contributed by atoms with van der Waals surface area (Å²) in [7, 11) is -7.18. The van der Waals surface area contributed by atoms with Gasteiger partial charge < -0.3 is 21.2 Å². The zero-order valence-corrected chi connectivity index (χ0v) is 23.2. The van der Waals surface area contributed by atoms with Gasteiger partial charge in [0.15, 0.2) is 0 Å². The Balaban J connectivity index is 1.44. The zero-order valence-electron chi connectivity index (χ0n) is 18.7. The van der Waals surface area contributed by atoms with Gasteiger partial charge in [0.25, 0.3) is 27.9 Å². The molecule has 0 spiro atoms. The fourth-order valence-corrected chi connectivity index (χ4v) is 18.4. The van der Waals surface area contributed by atoms with E-state index in [1.54, 1.807) is 0 Å². The molecule has 2 unspecified atom stereocenters. The van der Waals surface area contributed by atoms with Gasteiger partial charge >= 0.3 is 8.56 Å². The largest absolute Gasteiger partial charge is 0.494 e. The Morgan fingerprint density at radius 2 is 1.33 bits per heavy atom. The molecule has 5 nitrogen and oxygen atoms in total. The molecule has 1 fully saturated rings. The van der Waals surface area contributed by atoms with Gasteiger partial charge in [0.2, 0.25) is 0 Å². The van der Waals surface area contributed by atoms with Gasteiger partial charge in [0.05, 0.1) is 6.61 Å². The second kappa shape index (κ2) is 11.0. The monoisotopic (exact) mass is 478 g/mol. The van der Waals surface area contributed by atoms with Crippen LogP contribution in [0.3, 0.4) is 0 Å². The second-order valence-corrected chi connectivity index (χ2v) is 18.3. The van der Waals surface area contributed by atoms with Gasteiger partial charge in [-0.25, -0.2) is 0 Å². The van der Waals surface area contributed by atoms with Crippen LogP contribution >= 0.6 is 0 Å². The molecule has 3 rings (SSSR count). The van der Waals surface area contributed by atoms with E-state index in [0.717, 1.165) is 24.6 Å². The molecular formula is C21H34O5Si4. The van der Waals surface area contributed by atoms with Crippen LogP contribution in [0.2, 0.25) is 32.2 Å². The SMILES string of the molecule is Cc1ccc(Cc2ccc(OCCC[Si]3(C)O[SiH](C)O[SiH](C)O[SiH](C)O3)cc2)cc1. The third kappa shape index (κ3) is 7.57. The molecule has 0 bridgehead atoms. The maximum Gasteiger partial charge on any atom is 0.317 e. The van der Waals surface area contributed by atoms with E-state index in [0.29, 0.717) is 6.61 Å². The Hall–Kier alpha value is -1.05. The van der Waals surface area contributed by atoms with Crippen LogP contribution in [0.25, 0.3) is 0 Å². The van der Waals surface area contributed by atoms with E-state index < -0.39 is 36.4 Å². The summed E-state index contributed by atoms with van der Waals surface area (Å²) in [6.07, 6.45) is 1.85. The van der Waals surface area contributed by atoms with Crippen molar-refractivity contribution in [1.29, 1.82) is 0 Å². The van der Waals surface area contributed by atoms with E-state index in [4.69, 9.17) is 21.2 Å². The first kappa shape index (κ1) is 23.6. The summed E-state index contributed by atoms with van der Waals surface area (Å²) in [4.78, 5) is 0. The van der Waals surface area contributed by atoms with Crippen molar-refractivity contribution in [1.82, 2.24) is 0 Å². The van der Waals surface area contributed by atoms with Crippen LogP contribution in [0.4, 0.5) is 0 Å². The van der Waals surface area contributed by atoms with E-state index in [1.807, 2.05) is 0 Å². The lowest BCUT2D eigenvalue weighted by Crippen LogP contribution is -2.53. The second-order valence-electron chi connectivity index (χ2n) is 8.10. The van der Waals surface area contributed by atoms with Gasteiger partial charge in [-0.15, -0.1) is 0 Å². The van der Waals surface area contributed by atoms with Crippen molar-refractivity contribution in [2.24, 2.45) is 0 Å². The molecular weight excluding hydrogens is 445 g/mol. The highest BCUT2D eigenvalue weighted by Crippen LogP contribution is 2.22. The Bertz CT molecular complexity index is 773. The fraction of sp³-hybridized carbons (Fsp3) is 0.429. The molecule has 30 heavy (non-hydrogen) atoms. The van der Waals surface area contributed by atoms with Gasteiger partial charge in [-0.1, -0.05) is 42.0 Å². The van der Waals surface area contributed by atoms with Crippen LogP contribution in [-0.2, 0) is 22.9 Å². The van der Waals surface area contributed by atoms with Crippen molar-refractivity contribution in [3.8, 4) is 5.75 Å². The van der Waals surface area contributed by atoms with E-state index in [1.165, 1.54) is 16.7 Å². The molecule has 9 heteroatoms. The molecule has 1 saturated heterocycles. The molecule has 2 aromatic rings. The lowest BCUT2D eigenvalue weighted by atomic mass is 10.0. The van der Waals surface area contributed by atoms with E-state index in [9.17, 15) is 0 Å². The van der Waals surface area contributed by atoms with Gasteiger partial charge in [-0.2, -0.15) is 0 Å². The van der Waals surface area contributed by atoms with Crippen molar-refractivity contribution in [3.63, 3.8) is 0 Å². The summed E-state index contributed by atoms with van der Waals surface area (Å²) in [6, 6.07) is 18.0. The molecule has 1 aliphatic rings. The number of hydrogen-bond acceptors (Lipinski definition) is 5. The van der Waals surface area contributed by atoms with E-state index in [2.05, 4.69) is 81.6 Å². The number of benzene rings is 2. The average Bonchev–Trinajstić information content (AvgIpc) is 2.67. The lowest BCUT2D eigenvalue weighted by molar-refractivity contribution is 0.266. The van der Waals surface area contributed by atoms with Crippen LogP contribution in [0.1, 0.15) is 23.1 Å². The maximum absolute atomic E-state index is 6.32. The average molecular weight is 479 g/mol. The summed E-state index contributed by atoms with van der Waals surface area (Å²) in [5.41, 5.74) is 3.91. The van der Waals surface area contributed by atoms with Gasteiger partial charge in [0, 0.05) is 0 Å². The Kier molecular flexibility index (Phi) is 8.66. The van der Waals surface area contributed by atoms with Crippen LogP contribution < -0.4 is 4.74 Å². The molecule has 1 aliphatic heterocycles. The normalized spacial score (nSPS) is 27.3. The molecule has 0 aromatic heterocycles. The highest BCUT2D eigenvalue weighted by Gasteiger charge is 2.38. The van der Waals surface area contributed by atoms with E-state index >= 15 is 0 Å². The Labute approximate surface area is 187 Å². The van der Waals surface area contributed by atoms with Gasteiger partial charge in [-0.05, 0) is 75.3 Å². The summed E-state index contributed by atoms with van der Waals surface area (Å²) in [5, 5.41) is 0. The van der Waals surface area contributed by atoms with Crippen molar-refractivity contribution < 1.29 is 21.2 Å². The van der Waals surface area contributed by atoms with Gasteiger partial charge in [0.1, 0.15) is 5.75 Å².